The minimum Gasteiger partial charge on any atom is -0.481 e. The number of halogens is 1. The molecule has 3 unspecified atom stereocenters. The smallest absolute Gasteiger partial charge is 0.311 e. The Morgan fingerprint density at radius 3 is 3.05 bits per heavy atom. The first-order chi connectivity index (χ1) is 9.09. The van der Waals surface area contributed by atoms with Gasteiger partial charge >= 0.3 is 5.97 Å². The van der Waals surface area contributed by atoms with Crippen molar-refractivity contribution in [3.05, 3.63) is 28.2 Å². The predicted octanol–water partition coefficient (Wildman–Crippen LogP) is 2.47. The fourth-order valence-corrected chi connectivity index (χ4v) is 3.71. The molecule has 1 fully saturated rings. The van der Waals surface area contributed by atoms with E-state index in [1.807, 2.05) is 25.2 Å². The molecule has 0 radical (unpaired) electrons. The Labute approximate surface area is 120 Å². The van der Waals surface area contributed by atoms with Crippen molar-refractivity contribution in [2.24, 2.45) is 5.92 Å². The summed E-state index contributed by atoms with van der Waals surface area (Å²) in [4.78, 5) is 13.9. The minimum atomic E-state index is -0.753. The van der Waals surface area contributed by atoms with E-state index >= 15 is 0 Å². The Morgan fingerprint density at radius 2 is 2.32 bits per heavy atom. The predicted molar refractivity (Wildman–Crippen MR) is 75.6 cm³/mol. The molecule has 0 aromatic heterocycles. The topological polar surface area (TPSA) is 49.8 Å². The van der Waals surface area contributed by atoms with Crippen molar-refractivity contribution in [2.75, 3.05) is 25.2 Å². The van der Waals surface area contributed by atoms with Gasteiger partial charge in [0.05, 0.1) is 12.5 Å². The number of carboxylic acid groups (broad SMARTS) is 1. The fourth-order valence-electron chi connectivity index (χ4n) is 3.36. The summed E-state index contributed by atoms with van der Waals surface area (Å²) in [6.07, 6.45) is 0.886. The van der Waals surface area contributed by atoms with Crippen molar-refractivity contribution in [3.63, 3.8) is 0 Å². The second-order valence-electron chi connectivity index (χ2n) is 5.22. The van der Waals surface area contributed by atoms with E-state index in [1.165, 1.54) is 0 Å². The highest BCUT2D eigenvalue weighted by atomic mass is 79.9. The molecule has 1 saturated heterocycles. The lowest BCUT2D eigenvalue weighted by atomic mass is 9.75. The Hall–Kier alpha value is -1.07. The normalized spacial score (nSPS) is 29.6. The van der Waals surface area contributed by atoms with Crippen LogP contribution in [-0.4, -0.2) is 37.4 Å². The largest absolute Gasteiger partial charge is 0.481 e. The third-order valence-electron chi connectivity index (χ3n) is 4.26. The number of hydrogen-bond acceptors (Lipinski definition) is 3. The average Bonchev–Trinajstić information content (AvgIpc) is 2.39. The van der Waals surface area contributed by atoms with E-state index < -0.39 is 11.9 Å². The Kier molecular flexibility index (Phi) is 3.27. The number of nitrogens with zero attached hydrogens (tertiary/aromatic N) is 1. The van der Waals surface area contributed by atoms with E-state index in [-0.39, 0.29) is 12.0 Å². The van der Waals surface area contributed by atoms with Crippen molar-refractivity contribution in [3.8, 4) is 0 Å². The fraction of sp³-hybridized carbons (Fsp3) is 0.500. The van der Waals surface area contributed by atoms with E-state index in [9.17, 15) is 9.90 Å². The Morgan fingerprint density at radius 1 is 1.53 bits per heavy atom. The summed E-state index contributed by atoms with van der Waals surface area (Å²) >= 11 is 3.46. The van der Waals surface area contributed by atoms with Gasteiger partial charge in [-0.1, -0.05) is 22.0 Å². The number of carbonyl (C=O) groups is 1. The molecule has 2 heterocycles. The summed E-state index contributed by atoms with van der Waals surface area (Å²) < 4.78 is 6.49. The first-order valence-electron chi connectivity index (χ1n) is 6.42. The highest BCUT2D eigenvalue weighted by Crippen LogP contribution is 2.44. The van der Waals surface area contributed by atoms with Gasteiger partial charge in [0.2, 0.25) is 0 Å². The quantitative estimate of drug-likeness (QED) is 0.861. The summed E-state index contributed by atoms with van der Waals surface area (Å²) in [6, 6.07) is 6.08. The second-order valence-corrected chi connectivity index (χ2v) is 6.14. The molecule has 1 aromatic rings. The lowest BCUT2D eigenvalue weighted by Gasteiger charge is -2.46. The molecule has 0 saturated carbocycles. The van der Waals surface area contributed by atoms with Gasteiger partial charge in [0.1, 0.15) is 0 Å². The van der Waals surface area contributed by atoms with Gasteiger partial charge in [-0.3, -0.25) is 4.79 Å². The highest BCUT2D eigenvalue weighted by molar-refractivity contribution is 9.10. The van der Waals surface area contributed by atoms with Gasteiger partial charge in [0.25, 0.3) is 0 Å². The summed E-state index contributed by atoms with van der Waals surface area (Å²) in [5, 5.41) is 9.59. The number of carboxylic acids is 1. The zero-order valence-corrected chi connectivity index (χ0v) is 12.3. The van der Waals surface area contributed by atoms with Crippen molar-refractivity contribution in [1.82, 2.24) is 0 Å². The summed E-state index contributed by atoms with van der Waals surface area (Å²) in [5.74, 6) is -1.19. The minimum absolute atomic E-state index is 0.0323. The van der Waals surface area contributed by atoms with E-state index in [0.29, 0.717) is 13.2 Å². The van der Waals surface area contributed by atoms with Crippen LogP contribution in [0, 0.1) is 5.92 Å². The number of aliphatic carboxylic acids is 1. The molecule has 3 atom stereocenters. The van der Waals surface area contributed by atoms with E-state index in [1.54, 1.807) is 0 Å². The Balaban J connectivity index is 2.13. The molecule has 3 rings (SSSR count). The first kappa shape index (κ1) is 12.9. The van der Waals surface area contributed by atoms with Crippen molar-refractivity contribution in [2.45, 2.75) is 18.4 Å². The highest BCUT2D eigenvalue weighted by Gasteiger charge is 2.44. The van der Waals surface area contributed by atoms with E-state index in [4.69, 9.17) is 4.74 Å². The number of fused-ring (bicyclic) bond motifs is 2. The molecule has 0 amide bonds. The third-order valence-corrected chi connectivity index (χ3v) is 4.75. The molecular weight excluding hydrogens is 310 g/mol. The molecular formula is C14H16BrNO3. The number of benzene rings is 1. The van der Waals surface area contributed by atoms with Gasteiger partial charge in [-0.15, -0.1) is 0 Å². The zero-order valence-electron chi connectivity index (χ0n) is 10.7. The van der Waals surface area contributed by atoms with Crippen LogP contribution in [-0.2, 0) is 9.53 Å². The summed E-state index contributed by atoms with van der Waals surface area (Å²) in [6.45, 7) is 1.24. The molecule has 0 aliphatic carbocycles. The SMILES string of the molecule is CN1c2cc(Br)ccc2C(C(=O)O)C2COCCC21. The van der Waals surface area contributed by atoms with Gasteiger partial charge in [-0.05, 0) is 24.1 Å². The van der Waals surface area contributed by atoms with Crippen LogP contribution in [0.5, 0.6) is 0 Å². The lowest BCUT2D eigenvalue weighted by Crippen LogP contribution is -2.51. The van der Waals surface area contributed by atoms with Crippen LogP contribution < -0.4 is 4.90 Å². The monoisotopic (exact) mass is 325 g/mol. The van der Waals surface area contributed by atoms with Crippen LogP contribution in [0.25, 0.3) is 0 Å². The summed E-state index contributed by atoms with van der Waals surface area (Å²) in [7, 11) is 2.05. The van der Waals surface area contributed by atoms with Crippen LogP contribution in [0.15, 0.2) is 22.7 Å². The molecule has 102 valence electrons. The molecule has 4 nitrogen and oxygen atoms in total. The number of anilines is 1. The molecule has 2 aliphatic heterocycles. The van der Waals surface area contributed by atoms with Crippen LogP contribution in [0.1, 0.15) is 17.9 Å². The lowest BCUT2D eigenvalue weighted by molar-refractivity contribution is -0.142. The van der Waals surface area contributed by atoms with Crippen molar-refractivity contribution >= 4 is 27.6 Å². The molecule has 0 spiro atoms. The van der Waals surface area contributed by atoms with Gasteiger partial charge in [-0.2, -0.15) is 0 Å². The van der Waals surface area contributed by atoms with Crippen LogP contribution >= 0.6 is 15.9 Å². The molecule has 19 heavy (non-hydrogen) atoms. The number of hydrogen-bond donors (Lipinski definition) is 1. The van der Waals surface area contributed by atoms with E-state index in [2.05, 4.69) is 20.8 Å². The van der Waals surface area contributed by atoms with Gasteiger partial charge in [0.15, 0.2) is 0 Å². The van der Waals surface area contributed by atoms with Crippen LogP contribution in [0.4, 0.5) is 5.69 Å². The second kappa shape index (κ2) is 4.80. The summed E-state index contributed by atoms with van der Waals surface area (Å²) in [5.41, 5.74) is 1.91. The molecule has 0 bridgehead atoms. The van der Waals surface area contributed by atoms with Crippen LogP contribution in [0.3, 0.4) is 0 Å². The van der Waals surface area contributed by atoms with Gasteiger partial charge in [0, 0.05) is 35.8 Å². The van der Waals surface area contributed by atoms with Crippen molar-refractivity contribution < 1.29 is 14.6 Å². The molecule has 1 N–H and O–H groups in total. The zero-order chi connectivity index (χ0) is 13.6. The maximum Gasteiger partial charge on any atom is 0.311 e. The standard InChI is InChI=1S/C14H16BrNO3/c1-16-11-4-5-19-7-10(11)13(14(17)18)9-3-2-8(15)6-12(9)16/h2-3,6,10-11,13H,4-5,7H2,1H3,(H,17,18). The molecule has 1 aromatic carbocycles. The van der Waals surface area contributed by atoms with Gasteiger partial charge < -0.3 is 14.7 Å². The maximum atomic E-state index is 11.7. The maximum absolute atomic E-state index is 11.7. The molecule has 2 aliphatic rings. The van der Waals surface area contributed by atoms with E-state index in [0.717, 1.165) is 22.1 Å². The molecule has 5 heteroatoms. The number of ether oxygens (including phenoxy) is 1. The van der Waals surface area contributed by atoms with Gasteiger partial charge in [-0.25, -0.2) is 0 Å². The van der Waals surface area contributed by atoms with Crippen LogP contribution in [0.2, 0.25) is 0 Å². The first-order valence-corrected chi connectivity index (χ1v) is 7.21. The Bertz CT molecular complexity index is 519. The third kappa shape index (κ3) is 2.05. The van der Waals surface area contributed by atoms with Crippen molar-refractivity contribution in [1.29, 1.82) is 0 Å². The average molecular weight is 326 g/mol. The number of rotatable bonds is 1.